The second-order valence-electron chi connectivity index (χ2n) is 2.67. The summed E-state index contributed by atoms with van der Waals surface area (Å²) < 4.78 is 0. The van der Waals surface area contributed by atoms with Gasteiger partial charge in [0.25, 0.3) is 0 Å². The van der Waals surface area contributed by atoms with Gasteiger partial charge in [-0.15, -0.1) is 9.81 Å². The highest BCUT2D eigenvalue weighted by atomic mass is 16.3. The molecule has 0 aromatic carbocycles. The summed E-state index contributed by atoms with van der Waals surface area (Å²) >= 11 is 0. The SMILES string of the molecule is CN(C)N=O.O=NN1CCCC1. The molecule has 0 spiro atoms. The Hall–Kier alpha value is -1.20. The molecule has 0 N–H and O–H groups in total. The minimum atomic E-state index is 0.865. The fourth-order valence-corrected chi connectivity index (χ4v) is 0.782. The van der Waals surface area contributed by atoms with Crippen LogP contribution in [0.1, 0.15) is 12.8 Å². The van der Waals surface area contributed by atoms with Crippen molar-refractivity contribution < 1.29 is 0 Å². The molecule has 1 fully saturated rings. The van der Waals surface area contributed by atoms with Gasteiger partial charge in [-0.2, -0.15) is 0 Å². The lowest BCUT2D eigenvalue weighted by molar-refractivity contribution is 0.355. The van der Waals surface area contributed by atoms with Gasteiger partial charge >= 0.3 is 0 Å². The number of nitroso groups, excluding NO2 is 2. The van der Waals surface area contributed by atoms with Gasteiger partial charge in [-0.25, -0.2) is 0 Å². The van der Waals surface area contributed by atoms with Crippen molar-refractivity contribution in [3.8, 4) is 0 Å². The molecule has 0 bridgehead atoms. The van der Waals surface area contributed by atoms with Crippen molar-refractivity contribution in [1.82, 2.24) is 10.0 Å². The topological polar surface area (TPSA) is 65.3 Å². The Morgan fingerprint density at radius 2 is 1.58 bits per heavy atom. The van der Waals surface area contributed by atoms with Gasteiger partial charge in [0.1, 0.15) is 0 Å². The Morgan fingerprint density at radius 1 is 1.17 bits per heavy atom. The fraction of sp³-hybridized carbons (Fsp3) is 1.00. The Morgan fingerprint density at radius 3 is 1.75 bits per heavy atom. The molecule has 0 unspecified atom stereocenters. The van der Waals surface area contributed by atoms with Crippen LogP contribution in [0.2, 0.25) is 0 Å². The van der Waals surface area contributed by atoms with Crippen molar-refractivity contribution in [2.24, 2.45) is 10.6 Å². The van der Waals surface area contributed by atoms with Crippen molar-refractivity contribution in [1.29, 1.82) is 0 Å². The second-order valence-corrected chi connectivity index (χ2v) is 2.67. The van der Waals surface area contributed by atoms with Crippen molar-refractivity contribution in [2.75, 3.05) is 27.2 Å². The minimum Gasteiger partial charge on any atom is -0.267 e. The number of hydrogen-bond donors (Lipinski definition) is 0. The Labute approximate surface area is 71.4 Å². The van der Waals surface area contributed by atoms with Gasteiger partial charge in [0.2, 0.25) is 0 Å². The molecule has 0 aromatic heterocycles. The molecule has 6 heteroatoms. The zero-order valence-corrected chi connectivity index (χ0v) is 7.43. The molecule has 1 saturated heterocycles. The Kier molecular flexibility index (Phi) is 5.86. The summed E-state index contributed by atoms with van der Waals surface area (Å²) in [6.07, 6.45) is 2.26. The third-order valence-electron chi connectivity index (χ3n) is 1.36. The molecule has 0 radical (unpaired) electrons. The zero-order valence-electron chi connectivity index (χ0n) is 7.43. The molecular weight excluding hydrogens is 160 g/mol. The minimum absolute atomic E-state index is 0.865. The summed E-state index contributed by atoms with van der Waals surface area (Å²) in [5, 5.41) is 7.99. The molecule has 0 aliphatic carbocycles. The van der Waals surface area contributed by atoms with Crippen LogP contribution < -0.4 is 0 Å². The van der Waals surface area contributed by atoms with Crippen molar-refractivity contribution >= 4 is 0 Å². The number of nitrogens with zero attached hydrogens (tertiary/aromatic N) is 4. The summed E-state index contributed by atoms with van der Waals surface area (Å²) in [6.45, 7) is 1.73. The van der Waals surface area contributed by atoms with Crippen molar-refractivity contribution in [2.45, 2.75) is 12.8 Å². The number of hydrogen-bond acceptors (Lipinski definition) is 4. The first-order valence-corrected chi connectivity index (χ1v) is 3.79. The highest BCUT2D eigenvalue weighted by Gasteiger charge is 2.08. The molecule has 0 amide bonds. The fourth-order valence-electron chi connectivity index (χ4n) is 0.782. The Bertz CT molecular complexity index is 134. The van der Waals surface area contributed by atoms with E-state index >= 15 is 0 Å². The first-order chi connectivity index (χ1) is 5.70. The first-order valence-electron chi connectivity index (χ1n) is 3.79. The van der Waals surface area contributed by atoms with E-state index in [1.54, 1.807) is 19.1 Å². The largest absolute Gasteiger partial charge is 0.267 e. The normalized spacial score (nSPS) is 14.7. The van der Waals surface area contributed by atoms with E-state index in [4.69, 9.17) is 0 Å². The predicted molar refractivity (Wildman–Crippen MR) is 46.1 cm³/mol. The summed E-state index contributed by atoms with van der Waals surface area (Å²) in [6, 6.07) is 0. The van der Waals surface area contributed by atoms with E-state index in [9.17, 15) is 9.81 Å². The standard InChI is InChI=1S/C4H8N2O.C2H6N2O/c7-5-6-3-1-2-4-6;1-4(2)3-5/h1-4H2;1-2H3. The van der Waals surface area contributed by atoms with Gasteiger partial charge in [0.05, 0.1) is 10.6 Å². The third-order valence-corrected chi connectivity index (χ3v) is 1.36. The zero-order chi connectivity index (χ0) is 9.40. The van der Waals surface area contributed by atoms with Crippen LogP contribution in [0.15, 0.2) is 10.6 Å². The van der Waals surface area contributed by atoms with E-state index < -0.39 is 0 Å². The quantitative estimate of drug-likeness (QED) is 0.462. The third kappa shape index (κ3) is 5.57. The van der Waals surface area contributed by atoms with Crippen molar-refractivity contribution in [3.63, 3.8) is 0 Å². The van der Waals surface area contributed by atoms with E-state index in [0.29, 0.717) is 0 Å². The predicted octanol–water partition coefficient (Wildman–Crippen LogP) is 0.993. The molecular formula is C6H14N4O2. The van der Waals surface area contributed by atoms with Crippen LogP contribution in [-0.4, -0.2) is 37.2 Å². The van der Waals surface area contributed by atoms with Gasteiger partial charge < -0.3 is 0 Å². The molecule has 1 heterocycles. The monoisotopic (exact) mass is 174 g/mol. The summed E-state index contributed by atoms with van der Waals surface area (Å²) in [5.74, 6) is 0. The van der Waals surface area contributed by atoms with Crippen LogP contribution in [0.4, 0.5) is 0 Å². The molecule has 0 saturated carbocycles. The average Bonchev–Trinajstić information content (AvgIpc) is 2.57. The van der Waals surface area contributed by atoms with E-state index in [0.717, 1.165) is 25.9 Å². The van der Waals surface area contributed by atoms with Gasteiger partial charge in [-0.05, 0) is 12.8 Å². The van der Waals surface area contributed by atoms with Gasteiger partial charge in [0.15, 0.2) is 0 Å². The highest BCUT2D eigenvalue weighted by Crippen LogP contribution is 2.05. The van der Waals surface area contributed by atoms with Crippen LogP contribution in [-0.2, 0) is 0 Å². The van der Waals surface area contributed by atoms with Gasteiger partial charge in [0, 0.05) is 27.2 Å². The van der Waals surface area contributed by atoms with E-state index in [2.05, 4.69) is 10.6 Å². The maximum atomic E-state index is 9.68. The van der Waals surface area contributed by atoms with Crippen LogP contribution in [0.3, 0.4) is 0 Å². The maximum Gasteiger partial charge on any atom is 0.0523 e. The molecule has 1 rings (SSSR count). The molecule has 6 nitrogen and oxygen atoms in total. The molecule has 0 aromatic rings. The van der Waals surface area contributed by atoms with Gasteiger partial charge in [-0.1, -0.05) is 0 Å². The molecule has 70 valence electrons. The lowest BCUT2D eigenvalue weighted by atomic mass is 10.4. The van der Waals surface area contributed by atoms with E-state index in [1.807, 2.05) is 0 Å². The molecule has 1 aliphatic rings. The van der Waals surface area contributed by atoms with Crippen LogP contribution >= 0.6 is 0 Å². The molecule has 0 atom stereocenters. The molecule has 1 aliphatic heterocycles. The Balaban J connectivity index is 0.000000217. The average molecular weight is 174 g/mol. The van der Waals surface area contributed by atoms with Crippen LogP contribution in [0, 0.1) is 9.81 Å². The lowest BCUT2D eigenvalue weighted by Gasteiger charge is -2.00. The highest BCUT2D eigenvalue weighted by molar-refractivity contribution is 4.59. The lowest BCUT2D eigenvalue weighted by Crippen LogP contribution is -2.08. The summed E-state index contributed by atoms with van der Waals surface area (Å²) in [4.78, 5) is 18.9. The van der Waals surface area contributed by atoms with Crippen LogP contribution in [0.25, 0.3) is 0 Å². The molecule has 12 heavy (non-hydrogen) atoms. The van der Waals surface area contributed by atoms with Crippen LogP contribution in [0.5, 0.6) is 0 Å². The van der Waals surface area contributed by atoms with Gasteiger partial charge in [-0.3, -0.25) is 10.0 Å². The number of rotatable bonds is 2. The maximum absolute atomic E-state index is 9.68. The smallest absolute Gasteiger partial charge is 0.0523 e. The summed E-state index contributed by atoms with van der Waals surface area (Å²) in [7, 11) is 3.15. The van der Waals surface area contributed by atoms with Crippen molar-refractivity contribution in [3.05, 3.63) is 9.81 Å². The first kappa shape index (κ1) is 10.8. The van der Waals surface area contributed by atoms with E-state index in [-0.39, 0.29) is 0 Å². The summed E-state index contributed by atoms with van der Waals surface area (Å²) in [5.41, 5.74) is 0. The van der Waals surface area contributed by atoms with E-state index in [1.165, 1.54) is 5.01 Å². The second kappa shape index (κ2) is 6.51.